The summed E-state index contributed by atoms with van der Waals surface area (Å²) in [5, 5.41) is 4.46. The molecule has 0 atom stereocenters. The number of halogens is 2. The van der Waals surface area contributed by atoms with E-state index in [0.717, 1.165) is 28.0 Å². The molecule has 0 unspecified atom stereocenters. The molecular formula is C15H18BrClN2O2. The predicted octanol–water partition coefficient (Wildman–Crippen LogP) is 4.30. The van der Waals surface area contributed by atoms with Crippen LogP contribution in [0.4, 0.5) is 0 Å². The molecular weight excluding hydrogens is 356 g/mol. The summed E-state index contributed by atoms with van der Waals surface area (Å²) in [6.45, 7) is 5.21. The summed E-state index contributed by atoms with van der Waals surface area (Å²) in [5.41, 5.74) is 2.86. The Kier molecular flexibility index (Phi) is 5.53. The van der Waals surface area contributed by atoms with Gasteiger partial charge in [-0.05, 0) is 35.8 Å². The fraction of sp³-hybridized carbons (Fsp3) is 0.400. The number of ether oxygens (including phenoxy) is 2. The van der Waals surface area contributed by atoms with E-state index in [1.807, 2.05) is 29.8 Å². The molecule has 0 aliphatic heterocycles. The summed E-state index contributed by atoms with van der Waals surface area (Å²) < 4.78 is 14.2. The molecule has 6 heteroatoms. The topological polar surface area (TPSA) is 36.3 Å². The molecule has 1 heterocycles. The maximum absolute atomic E-state index is 5.97. The first-order valence-electron chi connectivity index (χ1n) is 6.68. The van der Waals surface area contributed by atoms with Crippen LogP contribution in [0.25, 0.3) is 0 Å². The number of rotatable bonds is 6. The van der Waals surface area contributed by atoms with Gasteiger partial charge in [-0.1, -0.05) is 12.1 Å². The summed E-state index contributed by atoms with van der Waals surface area (Å²) in [6, 6.07) is 5.70. The second kappa shape index (κ2) is 7.18. The number of aromatic nitrogens is 2. The van der Waals surface area contributed by atoms with E-state index in [4.69, 9.17) is 21.1 Å². The SMILES string of the molecule is CCn1nc(C)c(Br)c1COc1c(CCl)cccc1OC. The average Bonchev–Trinajstić information content (AvgIpc) is 2.79. The van der Waals surface area contributed by atoms with Gasteiger partial charge in [-0.3, -0.25) is 4.68 Å². The van der Waals surface area contributed by atoms with Gasteiger partial charge in [-0.15, -0.1) is 11.6 Å². The summed E-state index contributed by atoms with van der Waals surface area (Å²) >= 11 is 9.54. The Morgan fingerprint density at radius 3 is 2.76 bits per heavy atom. The van der Waals surface area contributed by atoms with Gasteiger partial charge < -0.3 is 9.47 Å². The average molecular weight is 374 g/mol. The van der Waals surface area contributed by atoms with Gasteiger partial charge in [-0.2, -0.15) is 5.10 Å². The molecule has 1 aromatic carbocycles. The van der Waals surface area contributed by atoms with Crippen molar-refractivity contribution in [1.82, 2.24) is 9.78 Å². The van der Waals surface area contributed by atoms with Crippen LogP contribution < -0.4 is 9.47 Å². The maximum Gasteiger partial charge on any atom is 0.166 e. The van der Waals surface area contributed by atoms with Crippen LogP contribution in [0.15, 0.2) is 22.7 Å². The molecule has 2 aromatic rings. The van der Waals surface area contributed by atoms with E-state index in [1.165, 1.54) is 0 Å². The van der Waals surface area contributed by atoms with Gasteiger partial charge in [0.1, 0.15) is 6.61 Å². The van der Waals surface area contributed by atoms with Crippen LogP contribution in [-0.4, -0.2) is 16.9 Å². The molecule has 0 bridgehead atoms. The monoisotopic (exact) mass is 372 g/mol. The van der Waals surface area contributed by atoms with Crippen molar-refractivity contribution in [2.45, 2.75) is 32.9 Å². The summed E-state index contributed by atoms with van der Waals surface area (Å²) in [5.74, 6) is 1.74. The van der Waals surface area contributed by atoms with E-state index >= 15 is 0 Å². The minimum absolute atomic E-state index is 0.375. The van der Waals surface area contributed by atoms with Crippen LogP contribution in [0, 0.1) is 6.92 Å². The zero-order chi connectivity index (χ0) is 15.4. The number of methoxy groups -OCH3 is 1. The van der Waals surface area contributed by atoms with Crippen LogP contribution in [0.5, 0.6) is 11.5 Å². The predicted molar refractivity (Wildman–Crippen MR) is 87.2 cm³/mol. The van der Waals surface area contributed by atoms with Crippen LogP contribution >= 0.6 is 27.5 Å². The lowest BCUT2D eigenvalue weighted by Crippen LogP contribution is -2.08. The number of alkyl halides is 1. The van der Waals surface area contributed by atoms with E-state index in [1.54, 1.807) is 7.11 Å². The zero-order valence-electron chi connectivity index (χ0n) is 12.3. The lowest BCUT2D eigenvalue weighted by atomic mass is 10.2. The highest BCUT2D eigenvalue weighted by Gasteiger charge is 2.15. The Morgan fingerprint density at radius 1 is 1.38 bits per heavy atom. The summed E-state index contributed by atoms with van der Waals surface area (Å²) in [7, 11) is 1.62. The second-order valence-corrected chi connectivity index (χ2v) is 5.59. The van der Waals surface area contributed by atoms with Gasteiger partial charge in [0.25, 0.3) is 0 Å². The van der Waals surface area contributed by atoms with E-state index in [0.29, 0.717) is 24.0 Å². The van der Waals surface area contributed by atoms with Crippen LogP contribution in [0.1, 0.15) is 23.9 Å². The first-order chi connectivity index (χ1) is 10.1. The number of hydrogen-bond acceptors (Lipinski definition) is 3. The van der Waals surface area contributed by atoms with Gasteiger partial charge in [0.05, 0.1) is 28.9 Å². The number of para-hydroxylation sites is 1. The van der Waals surface area contributed by atoms with Gasteiger partial charge in [0.2, 0.25) is 0 Å². The molecule has 0 saturated carbocycles. The van der Waals surface area contributed by atoms with Crippen molar-refractivity contribution in [2.75, 3.05) is 7.11 Å². The molecule has 0 saturated heterocycles. The van der Waals surface area contributed by atoms with Crippen LogP contribution in [0.2, 0.25) is 0 Å². The standard InChI is InChI=1S/C15H18BrClN2O2/c1-4-19-12(14(16)10(2)18-19)9-21-15-11(8-17)6-5-7-13(15)20-3/h5-7H,4,8-9H2,1-3H3. The lowest BCUT2D eigenvalue weighted by Gasteiger charge is -2.14. The van der Waals surface area contributed by atoms with Crippen LogP contribution in [-0.2, 0) is 19.0 Å². The number of nitrogens with zero attached hydrogens (tertiary/aromatic N) is 2. The third-order valence-electron chi connectivity index (χ3n) is 3.23. The Labute approximate surface area is 138 Å². The molecule has 1 aromatic heterocycles. The third kappa shape index (κ3) is 3.35. The molecule has 4 nitrogen and oxygen atoms in total. The minimum atomic E-state index is 0.375. The summed E-state index contributed by atoms with van der Waals surface area (Å²) in [4.78, 5) is 0. The van der Waals surface area contributed by atoms with Crippen molar-refractivity contribution in [1.29, 1.82) is 0 Å². The van der Waals surface area contributed by atoms with Gasteiger partial charge in [0, 0.05) is 12.1 Å². The second-order valence-electron chi connectivity index (χ2n) is 4.53. The Balaban J connectivity index is 2.28. The van der Waals surface area contributed by atoms with E-state index < -0.39 is 0 Å². The molecule has 0 spiro atoms. The van der Waals surface area contributed by atoms with Gasteiger partial charge in [-0.25, -0.2) is 0 Å². The van der Waals surface area contributed by atoms with Crippen LogP contribution in [0.3, 0.4) is 0 Å². The Morgan fingerprint density at radius 2 is 2.14 bits per heavy atom. The lowest BCUT2D eigenvalue weighted by molar-refractivity contribution is 0.271. The quantitative estimate of drug-likeness (QED) is 0.708. The largest absolute Gasteiger partial charge is 0.493 e. The van der Waals surface area contributed by atoms with Gasteiger partial charge in [0.15, 0.2) is 11.5 Å². The number of aryl methyl sites for hydroxylation is 2. The van der Waals surface area contributed by atoms with Crippen molar-refractivity contribution < 1.29 is 9.47 Å². The van der Waals surface area contributed by atoms with Crippen molar-refractivity contribution in [3.8, 4) is 11.5 Å². The molecule has 0 radical (unpaired) electrons. The number of benzene rings is 1. The van der Waals surface area contributed by atoms with Crippen molar-refractivity contribution in [2.24, 2.45) is 0 Å². The van der Waals surface area contributed by atoms with Crippen molar-refractivity contribution in [3.05, 3.63) is 39.6 Å². The maximum atomic E-state index is 5.97. The normalized spacial score (nSPS) is 10.7. The molecule has 21 heavy (non-hydrogen) atoms. The zero-order valence-corrected chi connectivity index (χ0v) is 14.7. The molecule has 114 valence electrons. The molecule has 0 N–H and O–H groups in total. The molecule has 0 aliphatic carbocycles. The fourth-order valence-electron chi connectivity index (χ4n) is 2.14. The fourth-order valence-corrected chi connectivity index (χ4v) is 2.75. The highest BCUT2D eigenvalue weighted by Crippen LogP contribution is 2.33. The van der Waals surface area contributed by atoms with E-state index in [2.05, 4.69) is 28.0 Å². The van der Waals surface area contributed by atoms with E-state index in [9.17, 15) is 0 Å². The van der Waals surface area contributed by atoms with Crippen molar-refractivity contribution in [3.63, 3.8) is 0 Å². The molecule has 0 aliphatic rings. The highest BCUT2D eigenvalue weighted by atomic mass is 79.9. The number of hydrogen-bond donors (Lipinski definition) is 0. The third-order valence-corrected chi connectivity index (χ3v) is 4.55. The Bertz CT molecular complexity index is 606. The first-order valence-corrected chi connectivity index (χ1v) is 8.01. The highest BCUT2D eigenvalue weighted by molar-refractivity contribution is 9.10. The first kappa shape index (κ1) is 16.2. The van der Waals surface area contributed by atoms with Crippen molar-refractivity contribution >= 4 is 27.5 Å². The molecule has 2 rings (SSSR count). The van der Waals surface area contributed by atoms with Gasteiger partial charge >= 0.3 is 0 Å². The minimum Gasteiger partial charge on any atom is -0.493 e. The smallest absolute Gasteiger partial charge is 0.166 e. The summed E-state index contributed by atoms with van der Waals surface area (Å²) in [6.07, 6.45) is 0. The molecule has 0 amide bonds. The Hall–Kier alpha value is -1.20. The van der Waals surface area contributed by atoms with E-state index in [-0.39, 0.29) is 0 Å². The molecule has 0 fully saturated rings.